The number of hydrogen-bond donors (Lipinski definition) is 2. The SMILES string of the molecule is CN1C(=O)C(NC(=O)c2cc(Oc3ccccc3)ccn2)COc2cc(C#CC3(O)COC3)ccc21. The molecule has 9 nitrogen and oxygen atoms in total. The van der Waals surface area contributed by atoms with E-state index >= 15 is 0 Å². The number of nitrogens with zero attached hydrogens (tertiary/aromatic N) is 2. The molecule has 2 N–H and O–H groups in total. The van der Waals surface area contributed by atoms with Crippen LogP contribution in [0.15, 0.2) is 66.9 Å². The van der Waals surface area contributed by atoms with E-state index in [0.29, 0.717) is 28.5 Å². The maximum atomic E-state index is 13.1. The van der Waals surface area contributed by atoms with Crippen LogP contribution in [0, 0.1) is 11.8 Å². The number of aromatic nitrogens is 1. The number of aliphatic hydroxyl groups is 1. The van der Waals surface area contributed by atoms with Crippen LogP contribution in [0.5, 0.6) is 17.2 Å². The average molecular weight is 485 g/mol. The van der Waals surface area contributed by atoms with Gasteiger partial charge in [0.05, 0.1) is 18.9 Å². The van der Waals surface area contributed by atoms with E-state index in [0.717, 1.165) is 0 Å². The van der Waals surface area contributed by atoms with Gasteiger partial charge in [-0.15, -0.1) is 0 Å². The summed E-state index contributed by atoms with van der Waals surface area (Å²) in [6.07, 6.45) is 1.47. The Morgan fingerprint density at radius 1 is 1.17 bits per heavy atom. The molecule has 3 heterocycles. The van der Waals surface area contributed by atoms with Crippen molar-refractivity contribution in [3.05, 3.63) is 78.1 Å². The number of anilines is 1. The first kappa shape index (κ1) is 23.4. The number of pyridine rings is 1. The molecule has 182 valence electrons. The fraction of sp³-hybridized carbons (Fsp3) is 0.222. The molecule has 0 spiro atoms. The summed E-state index contributed by atoms with van der Waals surface area (Å²) in [5, 5.41) is 12.8. The minimum atomic E-state index is -1.13. The number of hydrogen-bond acceptors (Lipinski definition) is 7. The molecule has 1 unspecified atom stereocenters. The van der Waals surface area contributed by atoms with E-state index in [-0.39, 0.29) is 31.4 Å². The quantitative estimate of drug-likeness (QED) is 0.545. The number of carbonyl (C=O) groups is 2. The number of fused-ring (bicyclic) bond motifs is 1. The lowest BCUT2D eigenvalue weighted by molar-refractivity contribution is -0.140. The van der Waals surface area contributed by atoms with E-state index in [1.54, 1.807) is 43.4 Å². The normalized spacial score (nSPS) is 17.9. The number of benzene rings is 2. The zero-order chi connectivity index (χ0) is 25.1. The lowest BCUT2D eigenvalue weighted by atomic mass is 10.0. The molecule has 1 saturated heterocycles. The van der Waals surface area contributed by atoms with Crippen molar-refractivity contribution in [3.63, 3.8) is 0 Å². The van der Waals surface area contributed by atoms with E-state index in [2.05, 4.69) is 22.1 Å². The highest BCUT2D eigenvalue weighted by Gasteiger charge is 2.34. The van der Waals surface area contributed by atoms with Gasteiger partial charge in [0.15, 0.2) is 5.60 Å². The van der Waals surface area contributed by atoms with Crippen molar-refractivity contribution in [1.82, 2.24) is 10.3 Å². The van der Waals surface area contributed by atoms with E-state index in [4.69, 9.17) is 14.2 Å². The monoisotopic (exact) mass is 485 g/mol. The fourth-order valence-corrected chi connectivity index (χ4v) is 3.70. The van der Waals surface area contributed by atoms with Gasteiger partial charge in [-0.25, -0.2) is 0 Å². The summed E-state index contributed by atoms with van der Waals surface area (Å²) >= 11 is 0. The van der Waals surface area contributed by atoms with Crippen LogP contribution in [0.2, 0.25) is 0 Å². The third-order valence-corrected chi connectivity index (χ3v) is 5.72. The average Bonchev–Trinajstić information content (AvgIpc) is 2.99. The van der Waals surface area contributed by atoms with Crippen molar-refractivity contribution < 1.29 is 28.9 Å². The van der Waals surface area contributed by atoms with Crippen LogP contribution in [0.3, 0.4) is 0 Å². The molecule has 2 aliphatic heterocycles. The molecule has 2 aliphatic rings. The summed E-state index contributed by atoms with van der Waals surface area (Å²) in [7, 11) is 1.61. The van der Waals surface area contributed by atoms with Crippen molar-refractivity contribution in [3.8, 4) is 29.1 Å². The van der Waals surface area contributed by atoms with E-state index in [9.17, 15) is 14.7 Å². The highest BCUT2D eigenvalue weighted by atomic mass is 16.5. The Hall–Kier alpha value is -4.39. The van der Waals surface area contributed by atoms with Crippen molar-refractivity contribution in [2.45, 2.75) is 11.6 Å². The van der Waals surface area contributed by atoms with Crippen molar-refractivity contribution in [1.29, 1.82) is 0 Å². The van der Waals surface area contributed by atoms with E-state index in [1.165, 1.54) is 17.2 Å². The number of amides is 2. The van der Waals surface area contributed by atoms with Gasteiger partial charge in [-0.1, -0.05) is 30.0 Å². The molecule has 1 fully saturated rings. The Morgan fingerprint density at radius 2 is 1.97 bits per heavy atom. The third kappa shape index (κ3) is 5.00. The van der Waals surface area contributed by atoms with Crippen LogP contribution in [0.25, 0.3) is 0 Å². The number of carbonyl (C=O) groups excluding carboxylic acids is 2. The number of nitrogens with one attached hydrogen (secondary N) is 1. The molecule has 5 rings (SSSR count). The van der Waals surface area contributed by atoms with Gasteiger partial charge in [0, 0.05) is 24.9 Å². The van der Waals surface area contributed by atoms with Crippen LogP contribution >= 0.6 is 0 Å². The van der Waals surface area contributed by atoms with Gasteiger partial charge in [0.1, 0.15) is 35.6 Å². The molecule has 2 aromatic carbocycles. The van der Waals surface area contributed by atoms with Crippen LogP contribution in [-0.4, -0.2) is 60.4 Å². The van der Waals surface area contributed by atoms with Crippen molar-refractivity contribution in [2.75, 3.05) is 31.8 Å². The second-order valence-electron chi connectivity index (χ2n) is 8.48. The van der Waals surface area contributed by atoms with Gasteiger partial charge in [-0.05, 0) is 36.4 Å². The van der Waals surface area contributed by atoms with Crippen LogP contribution < -0.4 is 19.7 Å². The molecule has 0 bridgehead atoms. The molecule has 2 amide bonds. The Morgan fingerprint density at radius 3 is 2.72 bits per heavy atom. The van der Waals surface area contributed by atoms with Crippen LogP contribution in [-0.2, 0) is 9.53 Å². The highest BCUT2D eigenvalue weighted by molar-refractivity contribution is 6.03. The summed E-state index contributed by atoms with van der Waals surface area (Å²) < 4.78 is 16.6. The molecule has 3 aromatic rings. The van der Waals surface area contributed by atoms with Gasteiger partial charge in [-0.2, -0.15) is 0 Å². The predicted octanol–water partition coefficient (Wildman–Crippen LogP) is 2.14. The molecular formula is C27H23N3O6. The first-order chi connectivity index (χ1) is 17.4. The number of likely N-dealkylation sites (N-methyl/N-ethyl adjacent to an activating group) is 1. The van der Waals surface area contributed by atoms with E-state index in [1.807, 2.05) is 18.2 Å². The summed E-state index contributed by atoms with van der Waals surface area (Å²) in [4.78, 5) is 31.5. The topological polar surface area (TPSA) is 110 Å². The summed E-state index contributed by atoms with van der Waals surface area (Å²) in [6.45, 7) is 0.281. The maximum Gasteiger partial charge on any atom is 0.270 e. The molecule has 0 aliphatic carbocycles. The lowest BCUT2D eigenvalue weighted by Crippen LogP contribution is -2.49. The number of para-hydroxylation sites is 1. The first-order valence-corrected chi connectivity index (χ1v) is 11.3. The third-order valence-electron chi connectivity index (χ3n) is 5.72. The summed E-state index contributed by atoms with van der Waals surface area (Å²) in [6, 6.07) is 16.5. The van der Waals surface area contributed by atoms with Crippen molar-refractivity contribution >= 4 is 17.5 Å². The minimum absolute atomic E-state index is 0.0726. The highest BCUT2D eigenvalue weighted by Crippen LogP contribution is 2.31. The molecule has 0 radical (unpaired) electrons. The van der Waals surface area contributed by atoms with Gasteiger partial charge >= 0.3 is 0 Å². The van der Waals surface area contributed by atoms with Gasteiger partial charge in [0.2, 0.25) is 0 Å². The molecular weight excluding hydrogens is 462 g/mol. The Kier molecular flexibility index (Phi) is 6.29. The van der Waals surface area contributed by atoms with Gasteiger partial charge in [-0.3, -0.25) is 14.6 Å². The molecule has 1 atom stereocenters. The summed E-state index contributed by atoms with van der Waals surface area (Å²) in [5.74, 6) is 6.37. The zero-order valence-electron chi connectivity index (χ0n) is 19.4. The van der Waals surface area contributed by atoms with Crippen LogP contribution in [0.4, 0.5) is 5.69 Å². The number of ether oxygens (including phenoxy) is 3. The lowest BCUT2D eigenvalue weighted by Gasteiger charge is -2.30. The first-order valence-electron chi connectivity index (χ1n) is 11.3. The largest absolute Gasteiger partial charge is 0.489 e. The standard InChI is InChI=1S/C27H23N3O6/c1-30-23-8-7-18(9-11-27(33)16-34-17-27)13-24(23)35-15-22(26(30)32)29-25(31)21-14-20(10-12-28-21)36-19-5-3-2-4-6-19/h2-8,10,12-14,22,33H,15-17H2,1H3,(H,29,31). The second-order valence-corrected chi connectivity index (χ2v) is 8.48. The number of rotatable bonds is 4. The van der Waals surface area contributed by atoms with Gasteiger partial charge in [0.25, 0.3) is 11.8 Å². The van der Waals surface area contributed by atoms with E-state index < -0.39 is 17.6 Å². The Labute approximate surface area is 207 Å². The maximum absolute atomic E-state index is 13.1. The van der Waals surface area contributed by atoms with Gasteiger partial charge < -0.3 is 29.5 Å². The zero-order valence-corrected chi connectivity index (χ0v) is 19.4. The summed E-state index contributed by atoms with van der Waals surface area (Å²) in [5.41, 5.74) is 0.144. The van der Waals surface area contributed by atoms with Crippen LogP contribution in [0.1, 0.15) is 16.1 Å². The molecule has 1 aromatic heterocycles. The molecule has 0 saturated carbocycles. The smallest absolute Gasteiger partial charge is 0.270 e. The molecule has 9 heteroatoms. The Balaban J connectivity index is 1.28. The Bertz CT molecular complexity index is 1360. The van der Waals surface area contributed by atoms with Crippen molar-refractivity contribution in [2.24, 2.45) is 0 Å². The molecule has 36 heavy (non-hydrogen) atoms. The second kappa shape index (κ2) is 9.70. The fourth-order valence-electron chi connectivity index (χ4n) is 3.70. The minimum Gasteiger partial charge on any atom is -0.489 e. The predicted molar refractivity (Wildman–Crippen MR) is 130 cm³/mol.